The van der Waals surface area contributed by atoms with Crippen LogP contribution in [0.2, 0.25) is 0 Å². The molecular formula is C16H15N3O2. The second-order valence-corrected chi connectivity index (χ2v) is 4.64. The van der Waals surface area contributed by atoms with Crippen LogP contribution in [0.1, 0.15) is 11.4 Å². The van der Waals surface area contributed by atoms with Crippen molar-refractivity contribution in [1.82, 2.24) is 9.38 Å². The number of nitrogens with one attached hydrogen (secondary N) is 1. The molecular weight excluding hydrogens is 266 g/mol. The van der Waals surface area contributed by atoms with Crippen LogP contribution < -0.4 is 5.32 Å². The van der Waals surface area contributed by atoms with E-state index in [2.05, 4.69) is 10.3 Å². The minimum Gasteiger partial charge on any atom is -0.443 e. The molecule has 0 aliphatic carbocycles. The molecule has 106 valence electrons. The first-order valence-corrected chi connectivity index (χ1v) is 6.65. The van der Waals surface area contributed by atoms with Crippen LogP contribution in [0, 0.1) is 6.92 Å². The van der Waals surface area contributed by atoms with Gasteiger partial charge in [0.2, 0.25) is 0 Å². The van der Waals surface area contributed by atoms with Crippen LogP contribution in [-0.2, 0) is 11.3 Å². The van der Waals surface area contributed by atoms with Crippen molar-refractivity contribution in [3.63, 3.8) is 0 Å². The zero-order valence-electron chi connectivity index (χ0n) is 11.6. The van der Waals surface area contributed by atoms with Crippen LogP contribution in [0.15, 0.2) is 54.7 Å². The molecule has 5 heteroatoms. The average molecular weight is 281 g/mol. The summed E-state index contributed by atoms with van der Waals surface area (Å²) in [5.74, 6) is 0. The number of benzene rings is 1. The molecule has 0 unspecified atom stereocenters. The van der Waals surface area contributed by atoms with E-state index in [4.69, 9.17) is 4.74 Å². The van der Waals surface area contributed by atoms with Gasteiger partial charge in [0.1, 0.15) is 12.3 Å². The highest BCUT2D eigenvalue weighted by Gasteiger charge is 2.10. The lowest BCUT2D eigenvalue weighted by Crippen LogP contribution is -2.14. The molecule has 0 radical (unpaired) electrons. The van der Waals surface area contributed by atoms with Crippen LogP contribution >= 0.6 is 0 Å². The van der Waals surface area contributed by atoms with Crippen molar-refractivity contribution in [2.75, 3.05) is 5.32 Å². The van der Waals surface area contributed by atoms with E-state index in [0.717, 1.165) is 17.0 Å². The highest BCUT2D eigenvalue weighted by atomic mass is 16.5. The van der Waals surface area contributed by atoms with Crippen molar-refractivity contribution in [3.05, 3.63) is 66.1 Å². The fourth-order valence-electron chi connectivity index (χ4n) is 2.15. The molecule has 1 N–H and O–H groups in total. The number of fused-ring (bicyclic) bond motifs is 1. The highest BCUT2D eigenvalue weighted by Crippen LogP contribution is 2.13. The lowest BCUT2D eigenvalue weighted by molar-refractivity contribution is 0.153. The zero-order valence-corrected chi connectivity index (χ0v) is 11.6. The van der Waals surface area contributed by atoms with E-state index >= 15 is 0 Å². The molecule has 3 aromatic rings. The summed E-state index contributed by atoms with van der Waals surface area (Å²) in [5.41, 5.74) is 3.27. The summed E-state index contributed by atoms with van der Waals surface area (Å²) in [6.45, 7) is 2.08. The van der Waals surface area contributed by atoms with Gasteiger partial charge in [0.05, 0.1) is 11.4 Å². The number of carbonyl (C=O) groups is 1. The normalized spacial score (nSPS) is 10.5. The molecule has 2 heterocycles. The van der Waals surface area contributed by atoms with Gasteiger partial charge in [0.15, 0.2) is 0 Å². The second-order valence-electron chi connectivity index (χ2n) is 4.64. The maximum atomic E-state index is 11.8. The van der Waals surface area contributed by atoms with Gasteiger partial charge in [-0.3, -0.25) is 5.32 Å². The van der Waals surface area contributed by atoms with Crippen molar-refractivity contribution >= 4 is 17.4 Å². The topological polar surface area (TPSA) is 55.6 Å². The average Bonchev–Trinajstić information content (AvgIpc) is 2.81. The molecule has 5 nitrogen and oxygen atoms in total. The number of amides is 1. The molecule has 1 amide bonds. The first kappa shape index (κ1) is 13.2. The number of pyridine rings is 1. The minimum absolute atomic E-state index is 0.176. The summed E-state index contributed by atoms with van der Waals surface area (Å²) in [7, 11) is 0. The van der Waals surface area contributed by atoms with Crippen LogP contribution in [0.25, 0.3) is 5.65 Å². The predicted molar refractivity (Wildman–Crippen MR) is 80.2 cm³/mol. The molecule has 0 bridgehead atoms. The Balaban J connectivity index is 1.69. The minimum atomic E-state index is -0.480. The van der Waals surface area contributed by atoms with Crippen LogP contribution in [0.4, 0.5) is 10.5 Å². The van der Waals surface area contributed by atoms with Gasteiger partial charge in [-0.2, -0.15) is 0 Å². The number of imidazole rings is 1. The molecule has 3 rings (SSSR count). The molecule has 0 saturated heterocycles. The SMILES string of the molecule is Cc1nc2ccccn2c1COC(=O)Nc1ccccc1. The second kappa shape index (κ2) is 5.66. The summed E-state index contributed by atoms with van der Waals surface area (Å²) >= 11 is 0. The lowest BCUT2D eigenvalue weighted by Gasteiger charge is -2.07. The number of para-hydroxylation sites is 1. The number of carbonyl (C=O) groups excluding carboxylic acids is 1. The molecule has 0 spiro atoms. The van der Waals surface area contributed by atoms with Crippen LogP contribution in [-0.4, -0.2) is 15.5 Å². The number of nitrogens with zero attached hydrogens (tertiary/aromatic N) is 2. The smallest absolute Gasteiger partial charge is 0.412 e. The zero-order chi connectivity index (χ0) is 14.7. The molecule has 0 aliphatic heterocycles. The largest absolute Gasteiger partial charge is 0.443 e. The van der Waals surface area contributed by atoms with E-state index in [0.29, 0.717) is 5.69 Å². The molecule has 2 aromatic heterocycles. The number of ether oxygens (including phenoxy) is 1. The summed E-state index contributed by atoms with van der Waals surface area (Å²) in [6, 6.07) is 15.0. The third kappa shape index (κ3) is 2.86. The summed E-state index contributed by atoms with van der Waals surface area (Å²) < 4.78 is 7.19. The van der Waals surface area contributed by atoms with Crippen molar-refractivity contribution in [2.45, 2.75) is 13.5 Å². The monoisotopic (exact) mass is 281 g/mol. The van der Waals surface area contributed by atoms with E-state index in [9.17, 15) is 4.79 Å². The first-order valence-electron chi connectivity index (χ1n) is 6.65. The van der Waals surface area contributed by atoms with Gasteiger partial charge in [-0.15, -0.1) is 0 Å². The Kier molecular flexibility index (Phi) is 3.55. The van der Waals surface area contributed by atoms with Gasteiger partial charge < -0.3 is 9.14 Å². The van der Waals surface area contributed by atoms with Crippen molar-refractivity contribution in [2.24, 2.45) is 0 Å². The predicted octanol–water partition coefficient (Wildman–Crippen LogP) is 3.39. The Labute approximate surface area is 122 Å². The van der Waals surface area contributed by atoms with Gasteiger partial charge in [-0.05, 0) is 31.2 Å². The van der Waals surface area contributed by atoms with Gasteiger partial charge >= 0.3 is 6.09 Å². The molecule has 0 atom stereocenters. The Hall–Kier alpha value is -2.82. The summed E-state index contributed by atoms with van der Waals surface area (Å²) in [5, 5.41) is 2.68. The van der Waals surface area contributed by atoms with Gasteiger partial charge in [-0.25, -0.2) is 9.78 Å². The standard InChI is InChI=1S/C16H15N3O2/c1-12-14(19-10-6-5-9-15(19)17-12)11-21-16(20)18-13-7-3-2-4-8-13/h2-10H,11H2,1H3,(H,18,20). The van der Waals surface area contributed by atoms with Crippen molar-refractivity contribution < 1.29 is 9.53 Å². The molecule has 0 saturated carbocycles. The van der Waals surface area contributed by atoms with Gasteiger partial charge in [0, 0.05) is 11.9 Å². The number of hydrogen-bond acceptors (Lipinski definition) is 3. The van der Waals surface area contributed by atoms with Crippen LogP contribution in [0.5, 0.6) is 0 Å². The first-order chi connectivity index (χ1) is 10.2. The van der Waals surface area contributed by atoms with Crippen molar-refractivity contribution in [1.29, 1.82) is 0 Å². The maximum absolute atomic E-state index is 11.8. The molecule has 1 aromatic carbocycles. The Bertz CT molecular complexity index is 766. The Morgan fingerprint density at radius 2 is 1.95 bits per heavy atom. The molecule has 0 aliphatic rings. The van der Waals surface area contributed by atoms with Gasteiger partial charge in [-0.1, -0.05) is 24.3 Å². The Morgan fingerprint density at radius 3 is 2.76 bits per heavy atom. The fraction of sp³-hybridized carbons (Fsp3) is 0.125. The van der Waals surface area contributed by atoms with Crippen molar-refractivity contribution in [3.8, 4) is 0 Å². The Morgan fingerprint density at radius 1 is 1.19 bits per heavy atom. The van der Waals surface area contributed by atoms with E-state index < -0.39 is 6.09 Å². The van der Waals surface area contributed by atoms with E-state index in [1.807, 2.05) is 53.9 Å². The van der Waals surface area contributed by atoms with Gasteiger partial charge in [0.25, 0.3) is 0 Å². The number of anilines is 1. The van der Waals surface area contributed by atoms with E-state index in [1.165, 1.54) is 0 Å². The summed E-state index contributed by atoms with van der Waals surface area (Å²) in [4.78, 5) is 16.2. The van der Waals surface area contributed by atoms with E-state index in [1.54, 1.807) is 12.1 Å². The third-order valence-electron chi connectivity index (χ3n) is 3.19. The number of hydrogen-bond donors (Lipinski definition) is 1. The third-order valence-corrected chi connectivity index (χ3v) is 3.19. The molecule has 0 fully saturated rings. The van der Waals surface area contributed by atoms with Crippen LogP contribution in [0.3, 0.4) is 0 Å². The molecule has 21 heavy (non-hydrogen) atoms. The summed E-state index contributed by atoms with van der Waals surface area (Å²) in [6.07, 6.45) is 1.43. The quantitative estimate of drug-likeness (QED) is 0.800. The maximum Gasteiger partial charge on any atom is 0.412 e. The lowest BCUT2D eigenvalue weighted by atomic mass is 10.3. The van der Waals surface area contributed by atoms with E-state index in [-0.39, 0.29) is 6.61 Å². The number of aryl methyl sites for hydroxylation is 1. The number of aromatic nitrogens is 2. The number of rotatable bonds is 3. The highest BCUT2D eigenvalue weighted by molar-refractivity contribution is 5.84. The fourth-order valence-corrected chi connectivity index (χ4v) is 2.15.